The summed E-state index contributed by atoms with van der Waals surface area (Å²) in [5.41, 5.74) is -0.952. The number of methoxy groups -OCH3 is 1. The number of aliphatic hydroxyl groups is 5. The van der Waals surface area contributed by atoms with Crippen molar-refractivity contribution in [3.8, 4) is 0 Å². The zero-order valence-electron chi connectivity index (χ0n) is 17.6. The zero-order valence-corrected chi connectivity index (χ0v) is 17.6. The predicted octanol–water partition coefficient (Wildman–Crippen LogP) is -2.01. The molecule has 0 aromatic carbocycles. The fraction of sp³-hybridized carbons (Fsp3) is 0.800. The Balaban J connectivity index is 1.93. The molecule has 10 atom stereocenters. The van der Waals surface area contributed by atoms with E-state index in [0.29, 0.717) is 0 Å². The van der Waals surface area contributed by atoms with E-state index < -0.39 is 78.9 Å². The molecule has 1 heterocycles. The number of esters is 2. The molecule has 0 radical (unpaired) electrons. The maximum Gasteiger partial charge on any atom is 0.333 e. The van der Waals surface area contributed by atoms with Gasteiger partial charge in [-0.25, -0.2) is 4.79 Å². The van der Waals surface area contributed by atoms with Crippen molar-refractivity contribution in [3.63, 3.8) is 0 Å². The summed E-state index contributed by atoms with van der Waals surface area (Å²) in [6.45, 7) is 2.25. The van der Waals surface area contributed by atoms with Gasteiger partial charge in [0.2, 0.25) is 0 Å². The molecule has 0 amide bonds. The van der Waals surface area contributed by atoms with Crippen molar-refractivity contribution in [3.05, 3.63) is 11.6 Å². The number of hydrogen-bond acceptors (Lipinski definition) is 11. The van der Waals surface area contributed by atoms with E-state index in [0.717, 1.165) is 0 Å². The van der Waals surface area contributed by atoms with Gasteiger partial charge in [-0.1, -0.05) is 6.08 Å². The van der Waals surface area contributed by atoms with Crippen LogP contribution >= 0.6 is 0 Å². The van der Waals surface area contributed by atoms with Crippen molar-refractivity contribution in [1.82, 2.24) is 0 Å². The summed E-state index contributed by atoms with van der Waals surface area (Å²) in [6, 6.07) is 0. The van der Waals surface area contributed by atoms with Crippen LogP contribution in [0.3, 0.4) is 0 Å². The molecule has 0 aromatic heterocycles. The summed E-state index contributed by atoms with van der Waals surface area (Å²) in [5, 5.41) is 50.5. The van der Waals surface area contributed by atoms with Crippen molar-refractivity contribution in [2.24, 2.45) is 11.8 Å². The molecule has 2 aliphatic carbocycles. The largest absolute Gasteiger partial charge is 0.466 e. The Morgan fingerprint density at radius 2 is 1.87 bits per heavy atom. The lowest BCUT2D eigenvalue weighted by molar-refractivity contribution is -0.318. The summed E-state index contributed by atoms with van der Waals surface area (Å²) in [5.74, 6) is -2.65. The van der Waals surface area contributed by atoms with Crippen molar-refractivity contribution in [1.29, 1.82) is 0 Å². The fourth-order valence-corrected chi connectivity index (χ4v) is 5.12. The minimum atomic E-state index is -1.62. The van der Waals surface area contributed by atoms with Crippen LogP contribution in [-0.2, 0) is 28.5 Å². The van der Waals surface area contributed by atoms with Gasteiger partial charge in [0.15, 0.2) is 6.29 Å². The molecule has 3 aliphatic rings. The second-order valence-electron chi connectivity index (χ2n) is 8.49. The molecule has 0 aromatic rings. The number of carbonyl (C=O) groups excluding carboxylic acids is 2. The molecule has 0 bridgehead atoms. The van der Waals surface area contributed by atoms with Crippen molar-refractivity contribution >= 4 is 11.9 Å². The molecule has 1 saturated heterocycles. The van der Waals surface area contributed by atoms with Crippen LogP contribution in [-0.4, -0.2) is 99.7 Å². The smallest absolute Gasteiger partial charge is 0.333 e. The quantitative estimate of drug-likeness (QED) is 0.296. The van der Waals surface area contributed by atoms with E-state index in [1.54, 1.807) is 13.0 Å². The maximum absolute atomic E-state index is 12.3. The van der Waals surface area contributed by atoms with Crippen LogP contribution in [0.2, 0.25) is 0 Å². The first-order valence-electron chi connectivity index (χ1n) is 10.2. The monoisotopic (exact) mass is 446 g/mol. The van der Waals surface area contributed by atoms with Crippen LogP contribution in [0, 0.1) is 11.8 Å². The first kappa shape index (κ1) is 24.1. The Morgan fingerprint density at radius 1 is 1.19 bits per heavy atom. The number of carbonyl (C=O) groups is 2. The van der Waals surface area contributed by atoms with Crippen LogP contribution < -0.4 is 0 Å². The highest BCUT2D eigenvalue weighted by molar-refractivity contribution is 5.89. The summed E-state index contributed by atoms with van der Waals surface area (Å²) in [4.78, 5) is 24.1. The average molecular weight is 446 g/mol. The van der Waals surface area contributed by atoms with Gasteiger partial charge < -0.3 is 44.5 Å². The van der Waals surface area contributed by atoms with Gasteiger partial charge in [0.25, 0.3) is 0 Å². The van der Waals surface area contributed by atoms with E-state index in [1.165, 1.54) is 14.0 Å². The summed E-state index contributed by atoms with van der Waals surface area (Å²) < 4.78 is 21.7. The zero-order chi connectivity index (χ0) is 23.1. The lowest BCUT2D eigenvalue weighted by Gasteiger charge is -2.45. The molecular weight excluding hydrogens is 416 g/mol. The maximum atomic E-state index is 12.3. The Labute approximate surface area is 179 Å². The van der Waals surface area contributed by atoms with Crippen LogP contribution in [0.15, 0.2) is 11.6 Å². The lowest BCUT2D eigenvalue weighted by Crippen LogP contribution is -2.60. The van der Waals surface area contributed by atoms with Crippen LogP contribution in [0.5, 0.6) is 0 Å². The van der Waals surface area contributed by atoms with Gasteiger partial charge in [-0.15, -0.1) is 0 Å². The average Bonchev–Trinajstić information content (AvgIpc) is 2.98. The molecule has 0 unspecified atom stereocenters. The molecule has 1 saturated carbocycles. The number of hydrogen-bond donors (Lipinski definition) is 5. The second-order valence-corrected chi connectivity index (χ2v) is 8.49. The Kier molecular flexibility index (Phi) is 7.06. The van der Waals surface area contributed by atoms with Crippen molar-refractivity contribution in [2.75, 3.05) is 13.7 Å². The fourth-order valence-electron chi connectivity index (χ4n) is 5.12. The number of fused-ring (bicyclic) bond motifs is 1. The van der Waals surface area contributed by atoms with Gasteiger partial charge in [0.05, 0.1) is 25.9 Å². The van der Waals surface area contributed by atoms with E-state index in [-0.39, 0.29) is 18.4 Å². The van der Waals surface area contributed by atoms with E-state index in [2.05, 4.69) is 0 Å². The van der Waals surface area contributed by atoms with Crippen LogP contribution in [0.4, 0.5) is 0 Å². The Hall–Kier alpha value is -1.60. The number of ether oxygens (including phenoxy) is 4. The summed E-state index contributed by atoms with van der Waals surface area (Å²) in [6.07, 6.45) is -7.41. The molecule has 0 spiro atoms. The third-order valence-electron chi connectivity index (χ3n) is 6.41. The molecule has 2 fully saturated rings. The van der Waals surface area contributed by atoms with Crippen molar-refractivity contribution in [2.45, 2.75) is 75.2 Å². The van der Waals surface area contributed by atoms with Gasteiger partial charge in [-0.05, 0) is 13.3 Å². The SMILES string of the molecule is COC(=O)C1=CC[C@@H](O[C@@H]2O[C@H](CO)[C@@H](O)[C@H](O)[C@H]2O)[C@H]2[C@@H]1[C@H](O)C[C@]2(C)OC(C)=O. The highest BCUT2D eigenvalue weighted by Crippen LogP contribution is 2.52. The molecule has 176 valence electrons. The van der Waals surface area contributed by atoms with Crippen molar-refractivity contribution < 1.29 is 54.1 Å². The minimum Gasteiger partial charge on any atom is -0.466 e. The minimum absolute atomic E-state index is 0.0464. The lowest BCUT2D eigenvalue weighted by atomic mass is 9.73. The Bertz CT molecular complexity index is 722. The molecular formula is C20H30O11. The highest BCUT2D eigenvalue weighted by Gasteiger charge is 2.60. The molecule has 1 aliphatic heterocycles. The molecule has 31 heavy (non-hydrogen) atoms. The number of aliphatic hydroxyl groups excluding tert-OH is 5. The van der Waals surface area contributed by atoms with E-state index in [9.17, 15) is 35.1 Å². The Morgan fingerprint density at radius 3 is 2.45 bits per heavy atom. The van der Waals surface area contributed by atoms with Crippen LogP contribution in [0.25, 0.3) is 0 Å². The van der Waals surface area contributed by atoms with Crippen LogP contribution in [0.1, 0.15) is 26.7 Å². The van der Waals surface area contributed by atoms with E-state index in [1.807, 2.05) is 0 Å². The van der Waals surface area contributed by atoms with Gasteiger partial charge in [0, 0.05) is 30.8 Å². The first-order valence-corrected chi connectivity index (χ1v) is 10.2. The second kappa shape index (κ2) is 9.10. The van der Waals surface area contributed by atoms with Gasteiger partial charge in [-0.3, -0.25) is 4.79 Å². The molecule has 3 rings (SSSR count). The van der Waals surface area contributed by atoms with Gasteiger partial charge >= 0.3 is 11.9 Å². The van der Waals surface area contributed by atoms with Gasteiger partial charge in [0.1, 0.15) is 30.0 Å². The van der Waals surface area contributed by atoms with E-state index >= 15 is 0 Å². The molecule has 5 N–H and O–H groups in total. The molecule has 11 nitrogen and oxygen atoms in total. The first-order chi connectivity index (χ1) is 14.5. The standard InChI is InChI=1S/C20H30O11/c1-8(22)31-20(2)6-10(23)13-9(18(27)28-3)4-5-11(14(13)20)29-19-17(26)16(25)15(24)12(7-21)30-19/h4,10-17,19,21,23-26H,5-7H2,1-3H3/t10-,11-,12-,13+,14+,15-,16+,17-,19-,20+/m1/s1. The van der Waals surface area contributed by atoms with E-state index in [4.69, 9.17) is 18.9 Å². The molecule has 11 heteroatoms. The van der Waals surface area contributed by atoms with Gasteiger partial charge in [-0.2, -0.15) is 0 Å². The third-order valence-corrected chi connectivity index (χ3v) is 6.41. The topological polar surface area (TPSA) is 172 Å². The number of rotatable bonds is 5. The predicted molar refractivity (Wildman–Crippen MR) is 101 cm³/mol. The highest BCUT2D eigenvalue weighted by atomic mass is 16.7. The third kappa shape index (κ3) is 4.36. The summed E-state index contributed by atoms with van der Waals surface area (Å²) >= 11 is 0. The summed E-state index contributed by atoms with van der Waals surface area (Å²) in [7, 11) is 1.22. The normalized spacial score (nSPS) is 44.9.